The molecule has 0 aliphatic carbocycles. The van der Waals surface area contributed by atoms with Gasteiger partial charge in [0.1, 0.15) is 0 Å². The Balaban J connectivity index is 1.71. The minimum absolute atomic E-state index is 0.100. The van der Waals surface area contributed by atoms with Gasteiger partial charge in [-0.1, -0.05) is 37.2 Å². The van der Waals surface area contributed by atoms with Gasteiger partial charge in [0.2, 0.25) is 0 Å². The van der Waals surface area contributed by atoms with Gasteiger partial charge in [0.25, 0.3) is 5.91 Å². The van der Waals surface area contributed by atoms with Gasteiger partial charge in [-0.25, -0.2) is 4.98 Å². The Kier molecular flexibility index (Phi) is 6.85. The summed E-state index contributed by atoms with van der Waals surface area (Å²) in [5, 5.41) is 2.79. The first-order chi connectivity index (χ1) is 11.1. The van der Waals surface area contributed by atoms with Crippen LogP contribution in [0, 0.1) is 0 Å². The fraction of sp³-hybridized carbons (Fsp3) is 0.438. The second kappa shape index (κ2) is 8.88. The number of ether oxygens (including phenoxy) is 1. The third-order valence-corrected chi connectivity index (χ3v) is 5.23. The molecule has 1 heterocycles. The van der Waals surface area contributed by atoms with E-state index in [1.165, 1.54) is 11.8 Å². The number of nitrogens with one attached hydrogen (secondary N) is 1. The minimum Gasteiger partial charge on any atom is -0.455 e. The topological polar surface area (TPSA) is 68.3 Å². The average molecular weight is 352 g/mol. The van der Waals surface area contributed by atoms with Gasteiger partial charge in [0, 0.05) is 6.04 Å². The van der Waals surface area contributed by atoms with Crippen molar-refractivity contribution in [3.8, 4) is 0 Å². The molecule has 5 nitrogen and oxygen atoms in total. The summed E-state index contributed by atoms with van der Waals surface area (Å²) in [5.74, 6) is -0.519. The zero-order valence-corrected chi connectivity index (χ0v) is 14.8. The minimum atomic E-state index is -0.410. The van der Waals surface area contributed by atoms with Crippen LogP contribution in [0.25, 0.3) is 10.2 Å². The Labute approximate surface area is 143 Å². The summed E-state index contributed by atoms with van der Waals surface area (Å²) in [7, 11) is 0. The molecule has 0 aliphatic rings. The fourth-order valence-electron chi connectivity index (χ4n) is 2.04. The molecule has 1 amide bonds. The fourth-order valence-corrected chi connectivity index (χ4v) is 3.91. The Morgan fingerprint density at radius 3 is 2.91 bits per heavy atom. The third-order valence-electron chi connectivity index (χ3n) is 3.08. The number of fused-ring (bicyclic) bond motifs is 1. The number of aromatic nitrogens is 1. The lowest BCUT2D eigenvalue weighted by Gasteiger charge is -2.12. The van der Waals surface area contributed by atoms with Gasteiger partial charge < -0.3 is 10.1 Å². The maximum absolute atomic E-state index is 11.7. The second-order valence-corrected chi connectivity index (χ2v) is 7.41. The zero-order chi connectivity index (χ0) is 16.7. The molecule has 23 heavy (non-hydrogen) atoms. The molecule has 1 unspecified atom stereocenters. The number of benzene rings is 1. The number of hydrogen-bond donors (Lipinski definition) is 1. The lowest BCUT2D eigenvalue weighted by molar-refractivity contribution is -0.146. The molecule has 1 atom stereocenters. The lowest BCUT2D eigenvalue weighted by atomic mass is 10.2. The highest BCUT2D eigenvalue weighted by Gasteiger charge is 2.12. The quantitative estimate of drug-likeness (QED) is 0.583. The molecular weight excluding hydrogens is 332 g/mol. The number of thioether (sulfide) groups is 1. The number of carbonyl (C=O) groups is 2. The summed E-state index contributed by atoms with van der Waals surface area (Å²) >= 11 is 2.87. The van der Waals surface area contributed by atoms with Crippen molar-refractivity contribution in [2.24, 2.45) is 0 Å². The van der Waals surface area contributed by atoms with Crippen molar-refractivity contribution in [1.29, 1.82) is 0 Å². The molecule has 0 bridgehead atoms. The van der Waals surface area contributed by atoms with E-state index in [4.69, 9.17) is 4.74 Å². The summed E-state index contributed by atoms with van der Waals surface area (Å²) in [6, 6.07) is 7.93. The first kappa shape index (κ1) is 17.7. The molecule has 2 aromatic rings. The molecular formula is C16H20N2O3S2. The van der Waals surface area contributed by atoms with E-state index in [0.717, 1.165) is 27.4 Å². The predicted molar refractivity (Wildman–Crippen MR) is 93.8 cm³/mol. The highest BCUT2D eigenvalue weighted by atomic mass is 32.2. The number of amides is 1. The van der Waals surface area contributed by atoms with Crippen molar-refractivity contribution in [2.45, 2.75) is 37.1 Å². The molecule has 2 rings (SSSR count). The van der Waals surface area contributed by atoms with Crippen LogP contribution >= 0.6 is 23.1 Å². The Morgan fingerprint density at radius 1 is 1.39 bits per heavy atom. The normalized spacial score (nSPS) is 12.1. The average Bonchev–Trinajstić information content (AvgIpc) is 2.94. The second-order valence-electron chi connectivity index (χ2n) is 5.15. The number of carbonyl (C=O) groups excluding carboxylic acids is 2. The van der Waals surface area contributed by atoms with Gasteiger partial charge >= 0.3 is 5.97 Å². The number of esters is 1. The molecule has 1 aromatic heterocycles. The molecule has 0 fully saturated rings. The van der Waals surface area contributed by atoms with Crippen LogP contribution in [0.4, 0.5) is 0 Å². The van der Waals surface area contributed by atoms with E-state index in [1.807, 2.05) is 31.2 Å². The summed E-state index contributed by atoms with van der Waals surface area (Å²) in [6.45, 7) is 3.77. The molecule has 0 radical (unpaired) electrons. The smallest absolute Gasteiger partial charge is 0.316 e. The van der Waals surface area contributed by atoms with E-state index in [1.54, 1.807) is 11.3 Å². The molecule has 7 heteroatoms. The monoisotopic (exact) mass is 352 g/mol. The van der Waals surface area contributed by atoms with Gasteiger partial charge in [-0.05, 0) is 25.5 Å². The van der Waals surface area contributed by atoms with Gasteiger partial charge in [0.05, 0.1) is 16.0 Å². The van der Waals surface area contributed by atoms with Gasteiger partial charge in [-0.2, -0.15) is 0 Å². The van der Waals surface area contributed by atoms with Gasteiger partial charge in [-0.15, -0.1) is 11.3 Å². The maximum Gasteiger partial charge on any atom is 0.316 e. The first-order valence-electron chi connectivity index (χ1n) is 7.52. The third kappa shape index (κ3) is 5.84. The van der Waals surface area contributed by atoms with Crippen LogP contribution in [0.2, 0.25) is 0 Å². The van der Waals surface area contributed by atoms with E-state index < -0.39 is 5.97 Å². The number of rotatable bonds is 8. The highest BCUT2D eigenvalue weighted by Crippen LogP contribution is 2.29. The van der Waals surface area contributed by atoms with Crippen LogP contribution in [-0.4, -0.2) is 35.3 Å². The summed E-state index contributed by atoms with van der Waals surface area (Å²) in [4.78, 5) is 27.8. The first-order valence-corrected chi connectivity index (χ1v) is 9.32. The molecule has 0 saturated carbocycles. The Bertz CT molecular complexity index is 639. The van der Waals surface area contributed by atoms with Crippen molar-refractivity contribution in [3.05, 3.63) is 24.3 Å². The predicted octanol–water partition coefficient (Wildman–Crippen LogP) is 3.24. The molecule has 0 aliphatic heterocycles. The van der Waals surface area contributed by atoms with Crippen LogP contribution in [0.1, 0.15) is 26.7 Å². The number of thiazole rings is 1. The van der Waals surface area contributed by atoms with Crippen molar-refractivity contribution in [2.75, 3.05) is 12.4 Å². The van der Waals surface area contributed by atoms with Gasteiger partial charge in [0.15, 0.2) is 10.9 Å². The van der Waals surface area contributed by atoms with Crippen molar-refractivity contribution >= 4 is 45.2 Å². The zero-order valence-electron chi connectivity index (χ0n) is 13.2. The SMILES string of the molecule is CCCC(C)NC(=O)COC(=O)CSc1nc2ccccc2s1. The Morgan fingerprint density at radius 2 is 2.17 bits per heavy atom. The summed E-state index contributed by atoms with van der Waals surface area (Å²) in [5.41, 5.74) is 0.928. The van der Waals surface area contributed by atoms with Gasteiger partial charge in [-0.3, -0.25) is 9.59 Å². The summed E-state index contributed by atoms with van der Waals surface area (Å²) in [6.07, 6.45) is 1.91. The van der Waals surface area contributed by atoms with Crippen molar-refractivity contribution in [1.82, 2.24) is 10.3 Å². The highest BCUT2D eigenvalue weighted by molar-refractivity contribution is 8.01. The maximum atomic E-state index is 11.7. The number of hydrogen-bond acceptors (Lipinski definition) is 6. The molecule has 124 valence electrons. The number of para-hydroxylation sites is 1. The van der Waals surface area contributed by atoms with E-state index in [9.17, 15) is 9.59 Å². The van der Waals surface area contributed by atoms with E-state index in [0.29, 0.717) is 0 Å². The standard InChI is InChI=1S/C16H20N2O3S2/c1-3-6-11(2)17-14(19)9-21-15(20)10-22-16-18-12-7-4-5-8-13(12)23-16/h4-5,7-8,11H,3,6,9-10H2,1-2H3,(H,17,19). The van der Waals surface area contributed by atoms with Crippen LogP contribution in [0.3, 0.4) is 0 Å². The molecule has 0 spiro atoms. The van der Waals surface area contributed by atoms with Crippen LogP contribution in [0.5, 0.6) is 0 Å². The molecule has 1 aromatic carbocycles. The van der Waals surface area contributed by atoms with Crippen LogP contribution in [-0.2, 0) is 14.3 Å². The van der Waals surface area contributed by atoms with E-state index in [2.05, 4.69) is 17.2 Å². The van der Waals surface area contributed by atoms with Crippen LogP contribution < -0.4 is 5.32 Å². The Hall–Kier alpha value is -1.60. The summed E-state index contributed by atoms with van der Waals surface area (Å²) < 4.78 is 6.90. The molecule has 0 saturated heterocycles. The molecule has 1 N–H and O–H groups in total. The largest absolute Gasteiger partial charge is 0.455 e. The lowest BCUT2D eigenvalue weighted by Crippen LogP contribution is -2.35. The van der Waals surface area contributed by atoms with Crippen molar-refractivity contribution in [3.63, 3.8) is 0 Å². The van der Waals surface area contributed by atoms with E-state index in [-0.39, 0.29) is 24.3 Å². The van der Waals surface area contributed by atoms with Crippen molar-refractivity contribution < 1.29 is 14.3 Å². The van der Waals surface area contributed by atoms with E-state index >= 15 is 0 Å². The van der Waals surface area contributed by atoms with Crippen LogP contribution in [0.15, 0.2) is 28.6 Å². The number of nitrogens with zero attached hydrogens (tertiary/aromatic N) is 1.